The number of nitro groups is 1. The molecule has 2 rings (SSSR count). The molecule has 1 aliphatic rings. The second kappa shape index (κ2) is 4.06. The number of aromatic nitrogens is 1. The molecule has 0 radical (unpaired) electrons. The minimum Gasteiger partial charge on any atom is -0.378 e. The number of anilines is 1. The number of hydrogen-bond acceptors (Lipinski definition) is 5. The van der Waals surface area contributed by atoms with Gasteiger partial charge in [0.2, 0.25) is 5.82 Å². The third-order valence-electron chi connectivity index (χ3n) is 2.24. The highest BCUT2D eigenvalue weighted by atomic mass is 32.2. The molecule has 0 saturated heterocycles. The molecule has 0 atom stereocenters. The fourth-order valence-electron chi connectivity index (χ4n) is 1.17. The number of thioether (sulfide) groups is 1. The van der Waals surface area contributed by atoms with E-state index in [9.17, 15) is 10.1 Å². The average Bonchev–Trinajstić information content (AvgIpc) is 2.97. The van der Waals surface area contributed by atoms with Gasteiger partial charge in [0, 0.05) is 11.8 Å². The van der Waals surface area contributed by atoms with E-state index < -0.39 is 4.92 Å². The lowest BCUT2D eigenvalue weighted by Crippen LogP contribution is -1.99. The average molecular weight is 225 g/mol. The first-order valence-electron chi connectivity index (χ1n) is 4.70. The predicted octanol–water partition coefficient (Wildman–Crippen LogP) is 2.07. The number of nitrogens with zero attached hydrogens (tertiary/aromatic N) is 2. The SMILES string of the molecule is Nc1nc(SCC2CC2)ccc1[N+](=O)[O-]. The Kier molecular flexibility index (Phi) is 2.77. The van der Waals surface area contributed by atoms with Crippen molar-refractivity contribution in [1.29, 1.82) is 0 Å². The van der Waals surface area contributed by atoms with Crippen LogP contribution in [0, 0.1) is 16.0 Å². The number of rotatable bonds is 4. The Balaban J connectivity index is 2.06. The summed E-state index contributed by atoms with van der Waals surface area (Å²) in [4.78, 5) is 14.0. The first kappa shape index (κ1) is 10.2. The van der Waals surface area contributed by atoms with Gasteiger partial charge in [-0.15, -0.1) is 11.8 Å². The first-order valence-corrected chi connectivity index (χ1v) is 5.69. The Hall–Kier alpha value is -1.30. The summed E-state index contributed by atoms with van der Waals surface area (Å²) in [6.45, 7) is 0. The summed E-state index contributed by atoms with van der Waals surface area (Å²) in [7, 11) is 0. The molecule has 0 amide bonds. The Morgan fingerprint density at radius 1 is 1.60 bits per heavy atom. The van der Waals surface area contributed by atoms with Gasteiger partial charge in [-0.2, -0.15) is 0 Å². The summed E-state index contributed by atoms with van der Waals surface area (Å²) in [5.41, 5.74) is 5.36. The van der Waals surface area contributed by atoms with E-state index in [-0.39, 0.29) is 11.5 Å². The highest BCUT2D eigenvalue weighted by Crippen LogP contribution is 2.35. The Morgan fingerprint density at radius 2 is 2.33 bits per heavy atom. The molecule has 1 aliphatic carbocycles. The van der Waals surface area contributed by atoms with Gasteiger partial charge in [-0.3, -0.25) is 10.1 Å². The van der Waals surface area contributed by atoms with Gasteiger partial charge in [0.05, 0.1) is 9.95 Å². The summed E-state index contributed by atoms with van der Waals surface area (Å²) in [6.07, 6.45) is 2.57. The van der Waals surface area contributed by atoms with E-state index >= 15 is 0 Å². The van der Waals surface area contributed by atoms with E-state index in [1.54, 1.807) is 17.8 Å². The van der Waals surface area contributed by atoms with Crippen LogP contribution in [0.1, 0.15) is 12.8 Å². The van der Waals surface area contributed by atoms with Crippen molar-refractivity contribution in [2.24, 2.45) is 5.92 Å². The summed E-state index contributed by atoms with van der Waals surface area (Å²) >= 11 is 1.61. The summed E-state index contributed by atoms with van der Waals surface area (Å²) in [5.74, 6) is 1.83. The van der Waals surface area contributed by atoms with Gasteiger partial charge in [-0.25, -0.2) is 4.98 Å². The summed E-state index contributed by atoms with van der Waals surface area (Å²) < 4.78 is 0. The smallest absolute Gasteiger partial charge is 0.311 e. The van der Waals surface area contributed by atoms with Crippen molar-refractivity contribution in [1.82, 2.24) is 4.98 Å². The Bertz CT molecular complexity index is 393. The standard InChI is InChI=1S/C9H11N3O2S/c10-9-7(12(13)14)3-4-8(11-9)15-5-6-1-2-6/h3-4,6H,1-2,5H2,(H2,10,11). The highest BCUT2D eigenvalue weighted by Gasteiger charge is 2.22. The molecule has 1 aromatic heterocycles. The van der Waals surface area contributed by atoms with E-state index in [0.717, 1.165) is 16.7 Å². The lowest BCUT2D eigenvalue weighted by Gasteiger charge is -2.01. The van der Waals surface area contributed by atoms with E-state index in [4.69, 9.17) is 5.73 Å². The largest absolute Gasteiger partial charge is 0.378 e. The molecule has 0 aliphatic heterocycles. The van der Waals surface area contributed by atoms with Crippen LogP contribution >= 0.6 is 11.8 Å². The predicted molar refractivity (Wildman–Crippen MR) is 58.8 cm³/mol. The van der Waals surface area contributed by atoms with Crippen LogP contribution in [0.4, 0.5) is 11.5 Å². The van der Waals surface area contributed by atoms with Crippen LogP contribution in [0.3, 0.4) is 0 Å². The molecule has 80 valence electrons. The zero-order valence-electron chi connectivity index (χ0n) is 8.05. The molecule has 1 aromatic rings. The van der Waals surface area contributed by atoms with Crippen molar-refractivity contribution in [2.45, 2.75) is 17.9 Å². The fourth-order valence-corrected chi connectivity index (χ4v) is 2.24. The zero-order valence-corrected chi connectivity index (χ0v) is 8.87. The molecule has 5 nitrogen and oxygen atoms in total. The summed E-state index contributed by atoms with van der Waals surface area (Å²) in [5, 5.41) is 11.3. The normalized spacial score (nSPS) is 15.2. The van der Waals surface area contributed by atoms with Crippen LogP contribution in [0.15, 0.2) is 17.2 Å². The van der Waals surface area contributed by atoms with Crippen LogP contribution in [-0.4, -0.2) is 15.7 Å². The monoisotopic (exact) mass is 225 g/mol. The molecule has 2 N–H and O–H groups in total. The molecule has 0 bridgehead atoms. The Morgan fingerprint density at radius 3 is 2.87 bits per heavy atom. The molecule has 1 fully saturated rings. The van der Waals surface area contributed by atoms with Gasteiger partial charge < -0.3 is 5.73 Å². The lowest BCUT2D eigenvalue weighted by atomic mass is 10.4. The molecule has 6 heteroatoms. The van der Waals surface area contributed by atoms with Crippen LogP contribution < -0.4 is 5.73 Å². The fraction of sp³-hybridized carbons (Fsp3) is 0.444. The van der Waals surface area contributed by atoms with Gasteiger partial charge in [-0.1, -0.05) is 0 Å². The van der Waals surface area contributed by atoms with Crippen molar-refractivity contribution in [3.8, 4) is 0 Å². The van der Waals surface area contributed by atoms with Crippen LogP contribution in [0.2, 0.25) is 0 Å². The summed E-state index contributed by atoms with van der Waals surface area (Å²) in [6, 6.07) is 3.07. The molecule has 15 heavy (non-hydrogen) atoms. The quantitative estimate of drug-likeness (QED) is 0.482. The number of pyridine rings is 1. The topological polar surface area (TPSA) is 82.0 Å². The number of nitrogens with two attached hydrogens (primary N) is 1. The van der Waals surface area contributed by atoms with E-state index in [1.165, 1.54) is 18.9 Å². The van der Waals surface area contributed by atoms with Gasteiger partial charge in [0.1, 0.15) is 0 Å². The van der Waals surface area contributed by atoms with Crippen molar-refractivity contribution >= 4 is 23.3 Å². The van der Waals surface area contributed by atoms with Gasteiger partial charge in [0.25, 0.3) is 0 Å². The third-order valence-corrected chi connectivity index (χ3v) is 3.40. The minimum atomic E-state index is -0.516. The maximum atomic E-state index is 10.5. The molecule has 1 saturated carbocycles. The van der Waals surface area contributed by atoms with E-state index in [2.05, 4.69) is 4.98 Å². The van der Waals surface area contributed by atoms with Gasteiger partial charge >= 0.3 is 5.69 Å². The van der Waals surface area contributed by atoms with Crippen molar-refractivity contribution in [3.63, 3.8) is 0 Å². The van der Waals surface area contributed by atoms with Gasteiger partial charge in [0.15, 0.2) is 0 Å². The number of nitrogen functional groups attached to an aromatic ring is 1. The second-order valence-electron chi connectivity index (χ2n) is 3.57. The maximum absolute atomic E-state index is 10.5. The van der Waals surface area contributed by atoms with Crippen LogP contribution in [0.5, 0.6) is 0 Å². The van der Waals surface area contributed by atoms with Crippen molar-refractivity contribution < 1.29 is 4.92 Å². The Labute approximate surface area is 91.2 Å². The maximum Gasteiger partial charge on any atom is 0.311 e. The lowest BCUT2D eigenvalue weighted by molar-refractivity contribution is -0.384. The van der Waals surface area contributed by atoms with Crippen molar-refractivity contribution in [3.05, 3.63) is 22.2 Å². The minimum absolute atomic E-state index is 0.000738. The van der Waals surface area contributed by atoms with Gasteiger partial charge in [-0.05, 0) is 24.8 Å². The molecular weight excluding hydrogens is 214 g/mol. The van der Waals surface area contributed by atoms with Crippen molar-refractivity contribution in [2.75, 3.05) is 11.5 Å². The molecule has 0 spiro atoms. The molecule has 1 heterocycles. The third kappa shape index (κ3) is 2.59. The highest BCUT2D eigenvalue weighted by molar-refractivity contribution is 7.99. The molecule has 0 aromatic carbocycles. The van der Waals surface area contributed by atoms with Crippen LogP contribution in [0.25, 0.3) is 0 Å². The van der Waals surface area contributed by atoms with E-state index in [1.807, 2.05) is 0 Å². The second-order valence-corrected chi connectivity index (χ2v) is 4.61. The molecule has 0 unspecified atom stereocenters. The first-order chi connectivity index (χ1) is 7.16. The zero-order chi connectivity index (χ0) is 10.8. The number of hydrogen-bond donors (Lipinski definition) is 1. The van der Waals surface area contributed by atoms with Crippen LogP contribution in [-0.2, 0) is 0 Å². The van der Waals surface area contributed by atoms with E-state index in [0.29, 0.717) is 0 Å². The molecular formula is C9H11N3O2S.